The van der Waals surface area contributed by atoms with Gasteiger partial charge in [0.1, 0.15) is 0 Å². The molecule has 0 amide bonds. The average Bonchev–Trinajstić information content (AvgIpc) is 1.88. The molecule has 1 aromatic rings. The van der Waals surface area contributed by atoms with Gasteiger partial charge in [-0.3, -0.25) is 0 Å². The fourth-order valence-corrected chi connectivity index (χ4v) is 0.385. The van der Waals surface area contributed by atoms with Crippen LogP contribution in [0.15, 0.2) is 36.4 Å². The summed E-state index contributed by atoms with van der Waals surface area (Å²) >= 11 is 2.35. The van der Waals surface area contributed by atoms with Gasteiger partial charge in [-0.1, -0.05) is 36.4 Å². The molecule has 4 heteroatoms. The van der Waals surface area contributed by atoms with E-state index in [2.05, 4.69) is 14.8 Å². The fourth-order valence-electron chi connectivity index (χ4n) is 0.385. The van der Waals surface area contributed by atoms with E-state index >= 15 is 0 Å². The van der Waals surface area contributed by atoms with Crippen LogP contribution in [0.5, 0.6) is 0 Å². The second-order valence-electron chi connectivity index (χ2n) is 1.84. The van der Waals surface area contributed by atoms with Crippen LogP contribution in [0.3, 0.4) is 0 Å². The van der Waals surface area contributed by atoms with Crippen molar-refractivity contribution >= 4 is 23.1 Å². The van der Waals surface area contributed by atoms with E-state index in [1.165, 1.54) is 0 Å². The second-order valence-corrected chi connectivity index (χ2v) is 6.73. The Hall–Kier alpha value is -0.350. The summed E-state index contributed by atoms with van der Waals surface area (Å²) in [5.74, 6) is 0. The Morgan fingerprint density at radius 2 is 1.00 bits per heavy atom. The maximum absolute atomic E-state index is 9.55. The molecule has 2 nitrogen and oxygen atoms in total. The molecule has 0 radical (unpaired) electrons. The van der Waals surface area contributed by atoms with Gasteiger partial charge in [0.15, 0.2) is 0 Å². The Bertz CT molecular complexity index is 233. The van der Waals surface area contributed by atoms with Crippen LogP contribution < -0.4 is 0 Å². The summed E-state index contributed by atoms with van der Waals surface area (Å²) in [4.78, 5) is 0. The second kappa shape index (κ2) is 5.32. The summed E-state index contributed by atoms with van der Waals surface area (Å²) in [6.45, 7) is 0. The standard InChI is InChI=1S/C6H6.CH3BrO2S/c1-2-4-6-5-3-1;1-5(2,3)4/h1-6H;1H3. The molecule has 0 aliphatic rings. The Labute approximate surface area is 74.4 Å². The third kappa shape index (κ3) is 17.7. The summed E-state index contributed by atoms with van der Waals surface area (Å²) in [6, 6.07) is 12.0. The molecule has 62 valence electrons. The van der Waals surface area contributed by atoms with E-state index < -0.39 is 8.27 Å². The third-order valence-corrected chi connectivity index (χ3v) is 0.667. The van der Waals surface area contributed by atoms with Gasteiger partial charge in [0.2, 0.25) is 8.27 Å². The van der Waals surface area contributed by atoms with Crippen molar-refractivity contribution in [3.63, 3.8) is 0 Å². The lowest BCUT2D eigenvalue weighted by Crippen LogP contribution is -1.74. The monoisotopic (exact) mass is 236 g/mol. The molecule has 1 aromatic carbocycles. The first-order valence-corrected chi connectivity index (χ1v) is 6.63. The maximum Gasteiger partial charge on any atom is 0.206 e. The first kappa shape index (κ1) is 10.7. The van der Waals surface area contributed by atoms with Crippen molar-refractivity contribution in [1.82, 2.24) is 0 Å². The van der Waals surface area contributed by atoms with Gasteiger partial charge < -0.3 is 0 Å². The summed E-state index contributed by atoms with van der Waals surface area (Å²) in [7, 11) is -2.85. The highest BCUT2D eigenvalue weighted by Crippen LogP contribution is 1.89. The molecule has 0 atom stereocenters. The topological polar surface area (TPSA) is 34.1 Å². The van der Waals surface area contributed by atoms with E-state index in [1.807, 2.05) is 36.4 Å². The van der Waals surface area contributed by atoms with Gasteiger partial charge in [-0.15, -0.1) is 0 Å². The highest BCUT2D eigenvalue weighted by molar-refractivity contribution is 9.47. The third-order valence-electron chi connectivity index (χ3n) is 0.667. The zero-order valence-electron chi connectivity index (χ0n) is 6.07. The molecule has 0 unspecified atom stereocenters. The van der Waals surface area contributed by atoms with Gasteiger partial charge in [0.25, 0.3) is 0 Å². The van der Waals surface area contributed by atoms with E-state index in [-0.39, 0.29) is 0 Å². The van der Waals surface area contributed by atoms with Crippen molar-refractivity contribution < 1.29 is 8.42 Å². The smallest absolute Gasteiger partial charge is 0.206 e. The molecule has 0 bridgehead atoms. The molecule has 0 N–H and O–H groups in total. The van der Waals surface area contributed by atoms with Crippen molar-refractivity contribution in [2.45, 2.75) is 0 Å². The lowest BCUT2D eigenvalue weighted by Gasteiger charge is -1.69. The van der Waals surface area contributed by atoms with Crippen LogP contribution in [0, 0.1) is 0 Å². The minimum absolute atomic E-state index is 1.08. The van der Waals surface area contributed by atoms with Gasteiger partial charge in [-0.05, 0) is 0 Å². The molecule has 0 spiro atoms. The van der Waals surface area contributed by atoms with Gasteiger partial charge in [-0.2, -0.15) is 0 Å². The van der Waals surface area contributed by atoms with Gasteiger partial charge in [0, 0.05) is 6.26 Å². The minimum Gasteiger partial charge on any atom is -0.217 e. The summed E-state index contributed by atoms with van der Waals surface area (Å²) in [5, 5.41) is 0. The van der Waals surface area contributed by atoms with Crippen molar-refractivity contribution in [2.24, 2.45) is 0 Å². The van der Waals surface area contributed by atoms with E-state index in [0.29, 0.717) is 0 Å². The Balaban J connectivity index is 0.000000187. The van der Waals surface area contributed by atoms with Crippen LogP contribution in [0.1, 0.15) is 0 Å². The molecular weight excluding hydrogens is 228 g/mol. The quantitative estimate of drug-likeness (QED) is 0.647. The molecule has 0 saturated carbocycles. The predicted octanol–water partition coefficient (Wildman–Crippen LogP) is 2.03. The van der Waals surface area contributed by atoms with Crippen molar-refractivity contribution in [1.29, 1.82) is 0 Å². The number of rotatable bonds is 0. The fraction of sp³-hybridized carbons (Fsp3) is 0.143. The molecule has 0 aliphatic heterocycles. The highest BCUT2D eigenvalue weighted by atomic mass is 79.9. The van der Waals surface area contributed by atoms with Crippen LogP contribution in [-0.2, 0) is 8.27 Å². The Kier molecular flexibility index (Phi) is 5.15. The van der Waals surface area contributed by atoms with Gasteiger partial charge in [0.05, 0.1) is 14.8 Å². The number of benzene rings is 1. The van der Waals surface area contributed by atoms with Gasteiger partial charge in [-0.25, -0.2) is 8.42 Å². The van der Waals surface area contributed by atoms with Gasteiger partial charge >= 0.3 is 0 Å². The van der Waals surface area contributed by atoms with Crippen molar-refractivity contribution in [2.75, 3.05) is 6.26 Å². The van der Waals surface area contributed by atoms with Crippen LogP contribution >= 0.6 is 14.8 Å². The van der Waals surface area contributed by atoms with Crippen LogP contribution in [0.4, 0.5) is 0 Å². The van der Waals surface area contributed by atoms with Crippen LogP contribution in [-0.4, -0.2) is 14.7 Å². The molecule has 11 heavy (non-hydrogen) atoms. The Morgan fingerprint density at radius 3 is 1.09 bits per heavy atom. The molecule has 0 saturated heterocycles. The average molecular weight is 237 g/mol. The number of halogens is 1. The van der Waals surface area contributed by atoms with Crippen LogP contribution in [0.2, 0.25) is 0 Å². The molecular formula is C7H9BrO2S. The zero-order valence-corrected chi connectivity index (χ0v) is 8.47. The minimum atomic E-state index is -2.85. The lowest BCUT2D eigenvalue weighted by atomic mass is 10.4. The summed E-state index contributed by atoms with van der Waals surface area (Å²) < 4.78 is 19.1. The Morgan fingerprint density at radius 1 is 0.909 bits per heavy atom. The first-order chi connectivity index (χ1) is 5.00. The summed E-state index contributed by atoms with van der Waals surface area (Å²) in [5.41, 5.74) is 0. The number of hydrogen-bond acceptors (Lipinski definition) is 2. The first-order valence-electron chi connectivity index (χ1n) is 2.90. The molecule has 0 heterocycles. The molecule has 0 aliphatic carbocycles. The SMILES string of the molecule is CS(=O)(=O)Br.c1ccccc1. The lowest BCUT2D eigenvalue weighted by molar-refractivity contribution is 0.616. The zero-order chi connectivity index (χ0) is 8.74. The van der Waals surface area contributed by atoms with Crippen molar-refractivity contribution in [3.05, 3.63) is 36.4 Å². The van der Waals surface area contributed by atoms with E-state index in [0.717, 1.165) is 6.26 Å². The van der Waals surface area contributed by atoms with E-state index in [1.54, 1.807) is 0 Å². The predicted molar refractivity (Wildman–Crippen MR) is 50.2 cm³/mol. The van der Waals surface area contributed by atoms with Crippen LogP contribution in [0.25, 0.3) is 0 Å². The summed E-state index contributed by atoms with van der Waals surface area (Å²) in [6.07, 6.45) is 1.08. The largest absolute Gasteiger partial charge is 0.217 e. The normalized spacial score (nSPS) is 9.64. The van der Waals surface area contributed by atoms with E-state index in [9.17, 15) is 8.42 Å². The molecule has 1 rings (SSSR count). The number of hydrogen-bond donors (Lipinski definition) is 0. The maximum atomic E-state index is 9.55. The highest BCUT2D eigenvalue weighted by Gasteiger charge is 1.83. The molecule has 0 aromatic heterocycles. The van der Waals surface area contributed by atoms with Crippen molar-refractivity contribution in [3.8, 4) is 0 Å². The molecule has 0 fully saturated rings. The van der Waals surface area contributed by atoms with E-state index in [4.69, 9.17) is 0 Å².